The number of ether oxygens (including phenoxy) is 1. The second kappa shape index (κ2) is 8.06. The maximum absolute atomic E-state index is 12.0. The van der Waals surface area contributed by atoms with Gasteiger partial charge in [0.2, 0.25) is 0 Å². The third-order valence-corrected chi connectivity index (χ3v) is 3.89. The fraction of sp³-hybridized carbons (Fsp3) is 0.125. The van der Waals surface area contributed by atoms with Gasteiger partial charge < -0.3 is 15.8 Å². The lowest BCUT2D eigenvalue weighted by Gasteiger charge is -2.12. The summed E-state index contributed by atoms with van der Waals surface area (Å²) in [6.07, 6.45) is -1.18. The number of benzene rings is 1. The Kier molecular flexibility index (Phi) is 5.85. The minimum atomic E-state index is -1.18. The molecule has 4 amide bonds. The van der Waals surface area contributed by atoms with Crippen molar-refractivity contribution in [2.75, 3.05) is 5.32 Å². The molecule has 130 valence electrons. The molecule has 8 nitrogen and oxygen atoms in total. The molecule has 1 atom stereocenters. The van der Waals surface area contributed by atoms with Gasteiger partial charge in [-0.1, -0.05) is 6.07 Å². The first-order valence-corrected chi connectivity index (χ1v) is 8.01. The van der Waals surface area contributed by atoms with E-state index < -0.39 is 24.0 Å². The number of thiophene rings is 1. The Labute approximate surface area is 147 Å². The van der Waals surface area contributed by atoms with Gasteiger partial charge in [-0.3, -0.25) is 14.9 Å². The van der Waals surface area contributed by atoms with Crippen LogP contribution in [0.15, 0.2) is 41.8 Å². The van der Waals surface area contributed by atoms with Crippen LogP contribution >= 0.6 is 11.3 Å². The number of nitrogens with two attached hydrogens (primary N) is 1. The number of amides is 4. The van der Waals surface area contributed by atoms with E-state index in [2.05, 4.69) is 5.32 Å². The molecule has 2 aromatic rings. The standard InChI is InChI=1S/C16H15N3O5S/c1-9(13(20)19-16(17)23)24-15(22)10-4-6-11(7-5-10)18-14(21)12-3-2-8-25-12/h2-9H,1H3,(H,18,21)(H3,17,19,20,23)/t9-/m0/s1. The molecule has 1 aromatic heterocycles. The Morgan fingerprint density at radius 1 is 1.12 bits per heavy atom. The van der Waals surface area contributed by atoms with Crippen LogP contribution < -0.4 is 16.4 Å². The predicted octanol–water partition coefficient (Wildman–Crippen LogP) is 1.74. The Bertz CT molecular complexity index is 787. The van der Waals surface area contributed by atoms with E-state index in [4.69, 9.17) is 10.5 Å². The summed E-state index contributed by atoms with van der Waals surface area (Å²) in [5, 5.41) is 6.31. The molecule has 9 heteroatoms. The molecule has 0 saturated heterocycles. The second-order valence-electron chi connectivity index (χ2n) is 4.91. The smallest absolute Gasteiger partial charge is 0.338 e. The number of esters is 1. The van der Waals surface area contributed by atoms with Gasteiger partial charge in [0.15, 0.2) is 6.10 Å². The molecule has 0 aliphatic heterocycles. The lowest BCUT2D eigenvalue weighted by molar-refractivity contribution is -0.127. The minimum absolute atomic E-state index is 0.188. The molecule has 0 aliphatic rings. The van der Waals surface area contributed by atoms with Gasteiger partial charge in [0.05, 0.1) is 10.4 Å². The van der Waals surface area contributed by atoms with Crippen LogP contribution in [0.2, 0.25) is 0 Å². The molecule has 1 heterocycles. The van der Waals surface area contributed by atoms with E-state index in [9.17, 15) is 19.2 Å². The van der Waals surface area contributed by atoms with Gasteiger partial charge in [-0.05, 0) is 42.6 Å². The van der Waals surface area contributed by atoms with Crippen molar-refractivity contribution >= 4 is 40.8 Å². The number of hydrogen-bond donors (Lipinski definition) is 3. The van der Waals surface area contributed by atoms with Crippen LogP contribution in [0.1, 0.15) is 27.0 Å². The van der Waals surface area contributed by atoms with Gasteiger partial charge in [0.1, 0.15) is 0 Å². The van der Waals surface area contributed by atoms with E-state index >= 15 is 0 Å². The van der Waals surface area contributed by atoms with E-state index in [-0.39, 0.29) is 11.5 Å². The lowest BCUT2D eigenvalue weighted by Crippen LogP contribution is -2.42. The van der Waals surface area contributed by atoms with Gasteiger partial charge in [-0.25, -0.2) is 9.59 Å². The van der Waals surface area contributed by atoms with Gasteiger partial charge in [0, 0.05) is 5.69 Å². The van der Waals surface area contributed by atoms with Gasteiger partial charge in [0.25, 0.3) is 11.8 Å². The highest BCUT2D eigenvalue weighted by atomic mass is 32.1. The number of carbonyl (C=O) groups is 4. The highest BCUT2D eigenvalue weighted by molar-refractivity contribution is 7.12. The molecule has 0 spiro atoms. The van der Waals surface area contributed by atoms with E-state index in [1.165, 1.54) is 42.5 Å². The Morgan fingerprint density at radius 3 is 2.36 bits per heavy atom. The van der Waals surface area contributed by atoms with E-state index in [0.717, 1.165) is 0 Å². The molecule has 1 aromatic carbocycles. The Morgan fingerprint density at radius 2 is 1.80 bits per heavy atom. The van der Waals surface area contributed by atoms with Crippen molar-refractivity contribution in [2.45, 2.75) is 13.0 Å². The van der Waals surface area contributed by atoms with Crippen molar-refractivity contribution in [1.82, 2.24) is 5.32 Å². The number of imide groups is 1. The maximum atomic E-state index is 12.0. The zero-order chi connectivity index (χ0) is 18.4. The fourth-order valence-electron chi connectivity index (χ4n) is 1.80. The highest BCUT2D eigenvalue weighted by Gasteiger charge is 2.20. The predicted molar refractivity (Wildman–Crippen MR) is 91.3 cm³/mol. The first-order chi connectivity index (χ1) is 11.9. The monoisotopic (exact) mass is 361 g/mol. The van der Waals surface area contributed by atoms with Crippen LogP contribution in [0.5, 0.6) is 0 Å². The summed E-state index contributed by atoms with van der Waals surface area (Å²) in [5.74, 6) is -1.81. The number of hydrogen-bond acceptors (Lipinski definition) is 6. The van der Waals surface area contributed by atoms with Crippen molar-refractivity contribution < 1.29 is 23.9 Å². The van der Waals surface area contributed by atoms with Gasteiger partial charge in [-0.15, -0.1) is 11.3 Å². The van der Waals surface area contributed by atoms with Crippen LogP contribution in [-0.2, 0) is 9.53 Å². The molecule has 0 aliphatic carbocycles. The van der Waals surface area contributed by atoms with E-state index in [1.807, 2.05) is 5.32 Å². The van der Waals surface area contributed by atoms with Crippen LogP contribution in [0.25, 0.3) is 0 Å². The molecule has 0 unspecified atom stereocenters. The topological polar surface area (TPSA) is 128 Å². The summed E-state index contributed by atoms with van der Waals surface area (Å²) in [7, 11) is 0. The molecule has 0 fully saturated rings. The van der Waals surface area contributed by atoms with E-state index in [1.54, 1.807) is 17.5 Å². The van der Waals surface area contributed by atoms with Crippen molar-refractivity contribution in [3.8, 4) is 0 Å². The summed E-state index contributed by atoms with van der Waals surface area (Å²) >= 11 is 1.32. The van der Waals surface area contributed by atoms with Crippen LogP contribution in [0, 0.1) is 0 Å². The van der Waals surface area contributed by atoms with Crippen molar-refractivity contribution in [3.63, 3.8) is 0 Å². The molecular formula is C16H15N3O5S. The molecular weight excluding hydrogens is 346 g/mol. The normalized spacial score (nSPS) is 11.2. The first-order valence-electron chi connectivity index (χ1n) is 7.13. The average Bonchev–Trinajstić information content (AvgIpc) is 3.09. The minimum Gasteiger partial charge on any atom is -0.449 e. The molecule has 0 bridgehead atoms. The van der Waals surface area contributed by atoms with Crippen LogP contribution in [0.3, 0.4) is 0 Å². The zero-order valence-corrected chi connectivity index (χ0v) is 14.0. The Hall–Kier alpha value is -3.20. The quantitative estimate of drug-likeness (QED) is 0.699. The third-order valence-electron chi connectivity index (χ3n) is 3.02. The highest BCUT2D eigenvalue weighted by Crippen LogP contribution is 2.15. The van der Waals surface area contributed by atoms with Gasteiger partial charge >= 0.3 is 12.0 Å². The molecule has 4 N–H and O–H groups in total. The van der Waals surface area contributed by atoms with Crippen molar-refractivity contribution in [1.29, 1.82) is 0 Å². The fourth-order valence-corrected chi connectivity index (χ4v) is 2.41. The number of anilines is 1. The maximum Gasteiger partial charge on any atom is 0.338 e. The summed E-state index contributed by atoms with van der Waals surface area (Å²) in [6, 6.07) is 8.42. The molecule has 0 radical (unpaired) electrons. The molecule has 0 saturated carbocycles. The summed E-state index contributed by atoms with van der Waals surface area (Å²) in [6.45, 7) is 1.31. The average molecular weight is 361 g/mol. The summed E-state index contributed by atoms with van der Waals surface area (Å²) in [4.78, 5) is 46.5. The molecule has 2 rings (SSSR count). The van der Waals surface area contributed by atoms with Crippen molar-refractivity contribution in [2.24, 2.45) is 5.73 Å². The van der Waals surface area contributed by atoms with Crippen LogP contribution in [-0.4, -0.2) is 29.9 Å². The number of rotatable bonds is 5. The number of primary amides is 1. The number of nitrogens with one attached hydrogen (secondary N) is 2. The number of carbonyl (C=O) groups excluding carboxylic acids is 4. The van der Waals surface area contributed by atoms with Gasteiger partial charge in [-0.2, -0.15) is 0 Å². The summed E-state index contributed by atoms with van der Waals surface area (Å²) < 4.78 is 4.93. The van der Waals surface area contributed by atoms with Crippen LogP contribution in [0.4, 0.5) is 10.5 Å². The largest absolute Gasteiger partial charge is 0.449 e. The van der Waals surface area contributed by atoms with Crippen molar-refractivity contribution in [3.05, 3.63) is 52.2 Å². The van der Waals surface area contributed by atoms with E-state index in [0.29, 0.717) is 10.6 Å². The SMILES string of the molecule is C[C@H](OC(=O)c1ccc(NC(=O)c2cccs2)cc1)C(=O)NC(N)=O. The Balaban J connectivity index is 1.94. The summed E-state index contributed by atoms with van der Waals surface area (Å²) in [5.41, 5.74) is 5.52. The second-order valence-corrected chi connectivity index (χ2v) is 5.86. The first kappa shape index (κ1) is 18.1. The lowest BCUT2D eigenvalue weighted by atomic mass is 10.2. The zero-order valence-electron chi connectivity index (χ0n) is 13.1. The third kappa shape index (κ3) is 5.15. The molecule has 25 heavy (non-hydrogen) atoms. The number of urea groups is 1.